The summed E-state index contributed by atoms with van der Waals surface area (Å²) >= 11 is 3.09. The van der Waals surface area contributed by atoms with Gasteiger partial charge in [-0.15, -0.1) is 11.3 Å². The lowest BCUT2D eigenvalue weighted by atomic mass is 10.1. The van der Waals surface area contributed by atoms with Crippen LogP contribution in [0.2, 0.25) is 0 Å². The molecule has 0 spiro atoms. The second-order valence-corrected chi connectivity index (χ2v) is 7.94. The summed E-state index contributed by atoms with van der Waals surface area (Å²) in [6, 6.07) is 27.7. The van der Waals surface area contributed by atoms with Crippen molar-refractivity contribution in [2.24, 2.45) is 0 Å². The summed E-state index contributed by atoms with van der Waals surface area (Å²) in [6.45, 7) is 0. The zero-order chi connectivity index (χ0) is 17.8. The molecule has 0 amide bonds. The third-order valence-electron chi connectivity index (χ3n) is 3.75. The number of hydrogen-bond acceptors (Lipinski definition) is 5. The van der Waals surface area contributed by atoms with Crippen LogP contribution < -0.4 is 4.74 Å². The molecule has 4 aromatic rings. The normalized spacial score (nSPS) is 11.8. The van der Waals surface area contributed by atoms with Gasteiger partial charge in [0.25, 0.3) is 0 Å². The number of thiazole rings is 1. The third-order valence-corrected chi connectivity index (χ3v) is 6.03. The molecule has 1 unspecified atom stereocenters. The highest BCUT2D eigenvalue weighted by Gasteiger charge is 2.16. The maximum atomic E-state index is 9.66. The van der Waals surface area contributed by atoms with E-state index >= 15 is 0 Å². The van der Waals surface area contributed by atoms with E-state index in [1.165, 1.54) is 11.8 Å². The van der Waals surface area contributed by atoms with Crippen LogP contribution in [0.4, 0.5) is 0 Å². The molecule has 126 valence electrons. The molecule has 3 aromatic carbocycles. The van der Waals surface area contributed by atoms with E-state index in [-0.39, 0.29) is 5.25 Å². The number of rotatable bonds is 5. The average molecular weight is 374 g/mol. The Bertz CT molecular complexity index is 1040. The number of para-hydroxylation sites is 2. The number of thioether (sulfide) groups is 1. The van der Waals surface area contributed by atoms with Crippen molar-refractivity contribution in [1.29, 1.82) is 5.26 Å². The van der Waals surface area contributed by atoms with E-state index < -0.39 is 0 Å². The van der Waals surface area contributed by atoms with Crippen LogP contribution in [-0.4, -0.2) is 4.98 Å². The van der Waals surface area contributed by atoms with Crippen LogP contribution >= 0.6 is 23.1 Å². The van der Waals surface area contributed by atoms with Gasteiger partial charge in [-0.1, -0.05) is 54.2 Å². The predicted octanol–water partition coefficient (Wildman–Crippen LogP) is 6.45. The number of benzene rings is 3. The molecular formula is C21H14N2OS2. The highest BCUT2D eigenvalue weighted by atomic mass is 32.2. The zero-order valence-electron chi connectivity index (χ0n) is 13.7. The Morgan fingerprint density at radius 2 is 1.69 bits per heavy atom. The van der Waals surface area contributed by atoms with Gasteiger partial charge < -0.3 is 4.74 Å². The van der Waals surface area contributed by atoms with E-state index in [9.17, 15) is 5.26 Å². The summed E-state index contributed by atoms with van der Waals surface area (Å²) in [6.07, 6.45) is 0. The van der Waals surface area contributed by atoms with Crippen LogP contribution in [0.15, 0.2) is 83.2 Å². The maximum Gasteiger partial charge on any atom is 0.152 e. The van der Waals surface area contributed by atoms with Crippen molar-refractivity contribution >= 4 is 33.3 Å². The summed E-state index contributed by atoms with van der Waals surface area (Å²) in [7, 11) is 0. The molecule has 0 aliphatic heterocycles. The summed E-state index contributed by atoms with van der Waals surface area (Å²) in [5.74, 6) is 1.50. The number of aromatic nitrogens is 1. The molecule has 0 radical (unpaired) electrons. The molecule has 0 saturated heterocycles. The summed E-state index contributed by atoms with van der Waals surface area (Å²) in [5, 5.41) is 9.32. The monoisotopic (exact) mass is 374 g/mol. The minimum Gasteiger partial charge on any atom is -0.457 e. The van der Waals surface area contributed by atoms with Gasteiger partial charge in [0.1, 0.15) is 16.7 Å². The number of fused-ring (bicyclic) bond motifs is 1. The summed E-state index contributed by atoms with van der Waals surface area (Å²) in [4.78, 5) is 4.62. The first-order valence-electron chi connectivity index (χ1n) is 8.06. The predicted molar refractivity (Wildman–Crippen MR) is 107 cm³/mol. The molecule has 0 N–H and O–H groups in total. The van der Waals surface area contributed by atoms with Crippen molar-refractivity contribution in [3.05, 3.63) is 84.4 Å². The highest BCUT2D eigenvalue weighted by Crippen LogP contribution is 2.39. The average Bonchev–Trinajstić information content (AvgIpc) is 3.10. The van der Waals surface area contributed by atoms with Crippen molar-refractivity contribution in [2.45, 2.75) is 9.59 Å². The maximum absolute atomic E-state index is 9.66. The Labute approximate surface area is 159 Å². The Morgan fingerprint density at radius 1 is 0.923 bits per heavy atom. The second kappa shape index (κ2) is 7.61. The van der Waals surface area contributed by atoms with Crippen molar-refractivity contribution < 1.29 is 4.74 Å². The van der Waals surface area contributed by atoms with Crippen LogP contribution in [-0.2, 0) is 0 Å². The number of hydrogen-bond donors (Lipinski definition) is 0. The molecule has 1 atom stereocenters. The quantitative estimate of drug-likeness (QED) is 0.377. The van der Waals surface area contributed by atoms with Crippen LogP contribution in [0, 0.1) is 11.3 Å². The Kier molecular flexibility index (Phi) is 4.87. The van der Waals surface area contributed by atoms with E-state index in [0.29, 0.717) is 0 Å². The lowest BCUT2D eigenvalue weighted by Crippen LogP contribution is -1.92. The third kappa shape index (κ3) is 3.72. The van der Waals surface area contributed by atoms with Crippen molar-refractivity contribution in [1.82, 2.24) is 4.98 Å². The summed E-state index contributed by atoms with van der Waals surface area (Å²) < 4.78 is 7.91. The molecule has 0 aliphatic rings. The Morgan fingerprint density at radius 3 is 2.50 bits per heavy atom. The van der Waals surface area contributed by atoms with E-state index in [4.69, 9.17) is 4.74 Å². The van der Waals surface area contributed by atoms with Gasteiger partial charge in [0, 0.05) is 0 Å². The van der Waals surface area contributed by atoms with Crippen LogP contribution in [0.25, 0.3) is 10.2 Å². The van der Waals surface area contributed by atoms with Crippen LogP contribution in [0.5, 0.6) is 11.5 Å². The highest BCUT2D eigenvalue weighted by molar-refractivity contribution is 8.01. The van der Waals surface area contributed by atoms with Gasteiger partial charge in [-0.25, -0.2) is 4.98 Å². The van der Waals surface area contributed by atoms with Crippen molar-refractivity contribution in [3.8, 4) is 17.6 Å². The van der Waals surface area contributed by atoms with E-state index in [1.807, 2.05) is 78.9 Å². The van der Waals surface area contributed by atoms with Crippen molar-refractivity contribution in [2.75, 3.05) is 0 Å². The molecule has 0 fully saturated rings. The van der Waals surface area contributed by atoms with E-state index in [0.717, 1.165) is 31.6 Å². The fourth-order valence-electron chi connectivity index (χ4n) is 2.54. The largest absolute Gasteiger partial charge is 0.457 e. The fourth-order valence-corrected chi connectivity index (χ4v) is 4.67. The van der Waals surface area contributed by atoms with Gasteiger partial charge in [-0.05, 0) is 42.0 Å². The Hall–Kier alpha value is -2.81. The van der Waals surface area contributed by atoms with Gasteiger partial charge >= 0.3 is 0 Å². The number of nitrogens with zero attached hydrogens (tertiary/aromatic N) is 2. The van der Waals surface area contributed by atoms with Gasteiger partial charge in [0.05, 0.1) is 16.3 Å². The van der Waals surface area contributed by atoms with E-state index in [2.05, 4.69) is 11.1 Å². The molecule has 0 aliphatic carbocycles. The lowest BCUT2D eigenvalue weighted by Gasteiger charge is -2.10. The first kappa shape index (κ1) is 16.6. The van der Waals surface area contributed by atoms with Crippen LogP contribution in [0.3, 0.4) is 0 Å². The smallest absolute Gasteiger partial charge is 0.152 e. The molecule has 1 aromatic heterocycles. The van der Waals surface area contributed by atoms with Crippen LogP contribution in [0.1, 0.15) is 10.8 Å². The topological polar surface area (TPSA) is 45.9 Å². The fraction of sp³-hybridized carbons (Fsp3) is 0.0476. The van der Waals surface area contributed by atoms with Gasteiger partial charge in [-0.2, -0.15) is 5.26 Å². The number of ether oxygens (including phenoxy) is 1. The first-order chi connectivity index (χ1) is 12.8. The standard InChI is InChI=1S/C21H14N2OS2/c22-14-20(26-21-23-18-11-4-5-12-19(18)25-21)15-7-6-10-17(13-15)24-16-8-2-1-3-9-16/h1-13,20H. The molecule has 26 heavy (non-hydrogen) atoms. The SMILES string of the molecule is N#CC(Sc1nc2ccccc2s1)c1cccc(Oc2ccccc2)c1. The molecule has 0 saturated carbocycles. The molecule has 0 bridgehead atoms. The Balaban J connectivity index is 1.56. The minimum absolute atomic E-state index is 0.338. The van der Waals surface area contributed by atoms with Gasteiger partial charge in [0.15, 0.2) is 4.34 Å². The first-order valence-corrected chi connectivity index (χ1v) is 9.76. The molecule has 1 heterocycles. The lowest BCUT2D eigenvalue weighted by molar-refractivity contribution is 0.482. The minimum atomic E-state index is -0.338. The van der Waals surface area contributed by atoms with Gasteiger partial charge in [-0.3, -0.25) is 0 Å². The van der Waals surface area contributed by atoms with E-state index in [1.54, 1.807) is 11.3 Å². The second-order valence-electron chi connectivity index (χ2n) is 5.56. The zero-order valence-corrected chi connectivity index (χ0v) is 15.3. The molecule has 3 nitrogen and oxygen atoms in total. The summed E-state index contributed by atoms with van der Waals surface area (Å²) in [5.41, 5.74) is 1.88. The van der Waals surface area contributed by atoms with Crippen molar-refractivity contribution in [3.63, 3.8) is 0 Å². The number of nitriles is 1. The van der Waals surface area contributed by atoms with Gasteiger partial charge in [0.2, 0.25) is 0 Å². The molecule has 5 heteroatoms. The molecule has 4 rings (SSSR count). The molecular weight excluding hydrogens is 360 g/mol.